The quantitative estimate of drug-likeness (QED) is 0.0165. The third-order valence-electron chi connectivity index (χ3n) is 24.7. The molecule has 7 rings (SSSR count). The summed E-state index contributed by atoms with van der Waals surface area (Å²) in [4.78, 5) is 226. The summed E-state index contributed by atoms with van der Waals surface area (Å²) in [5.41, 5.74) is 18.0. The number of carboxylic acid groups (broad SMARTS) is 5. The Bertz CT molecular complexity index is 4050. The number of rotatable bonds is 39. The van der Waals surface area contributed by atoms with E-state index >= 15 is 19.2 Å². The number of nitrogens with two attached hydrogens (primary N) is 3. The zero-order valence-corrected chi connectivity index (χ0v) is 87.2. The van der Waals surface area contributed by atoms with Crippen molar-refractivity contribution >= 4 is 138 Å². The average molecular weight is 2070 g/mol. The molecule has 7 heterocycles. The predicted molar refractivity (Wildman–Crippen MR) is 488 cm³/mol. The molecule has 1 aromatic heterocycles. The van der Waals surface area contributed by atoms with Crippen LogP contribution in [-0.2, 0) is 100 Å². The van der Waals surface area contributed by atoms with Gasteiger partial charge in [-0.25, -0.2) is 9.78 Å². The maximum atomic E-state index is 15.5. The number of primary amides is 1. The first kappa shape index (κ1) is 130. The summed E-state index contributed by atoms with van der Waals surface area (Å²) in [5, 5.41) is 123. The number of carbonyl (C=O) groups is 16. The fraction of sp³-hybridized carbons (Fsp3) is 0.762. The number of fused-ring (bicyclic) bond motifs is 8. The number of aromatic amines is 1. The number of H-pyrrole nitrogens is 1. The largest absolute Gasteiger partial charge is 2.00 e. The molecular weight excluding hydrogens is 1930 g/mol. The summed E-state index contributed by atoms with van der Waals surface area (Å²) in [5.74, 6) is -22.3. The van der Waals surface area contributed by atoms with Crippen molar-refractivity contribution in [3.63, 3.8) is 0 Å². The van der Waals surface area contributed by atoms with Crippen LogP contribution in [0.2, 0.25) is 0 Å². The molecule has 18 unspecified atom stereocenters. The molecule has 30 atom stereocenters. The second-order valence-corrected chi connectivity index (χ2v) is 40.6. The van der Waals surface area contributed by atoms with Gasteiger partial charge in [0.15, 0.2) is 0 Å². The molecular formula is C80H139FeN23Na2O26S4. The monoisotopic (exact) mass is 2070 g/mol. The van der Waals surface area contributed by atoms with Gasteiger partial charge < -0.3 is 169 Å². The van der Waals surface area contributed by atoms with Gasteiger partial charge in [-0.05, 0) is 138 Å². The average Bonchev–Trinajstić information content (AvgIpc) is 1.61. The van der Waals surface area contributed by atoms with E-state index in [1.54, 1.807) is 13.8 Å². The maximum absolute atomic E-state index is 15.5. The van der Waals surface area contributed by atoms with Crippen LogP contribution >= 0.6 is 43.2 Å². The molecule has 0 aliphatic carbocycles. The Morgan fingerprint density at radius 3 is 1.60 bits per heavy atom. The van der Waals surface area contributed by atoms with Crippen LogP contribution in [0.25, 0.3) is 10.6 Å². The van der Waals surface area contributed by atoms with E-state index in [2.05, 4.69) is 102 Å². The van der Waals surface area contributed by atoms with Crippen molar-refractivity contribution in [3.05, 3.63) is 28.9 Å². The Balaban J connectivity index is 0.0000260. The number of carboxylic acids is 5. The molecule has 9 bridgehead atoms. The smallest absolute Gasteiger partial charge is 0.632 e. The standard InChI is InChI=1S/C80H133N23O22S4.Fe.2Na.4H2O/c1-32(2)59(83)77(121)89-47(19-24-55(110)111)72(116)88-45(15-13-14-26-81)71(115)92-50-29-126-128-41(12)58-37(8)65-101-68(58)99-63-35(6)44(17-23-54(108)109)67(98-63)103-66-43(16-22-53(106)107)34(5)62(97-66)96-64-36(7)57(69(100-64)102-65)40(11)129-127-30-51(93-73(117)46(18-21-52(82)105)87-70(114)38(9)86-75(50)119)76(120)91-49(27-42-28-84-31-85-42)74(118)95-61(39(10)104)79(123)94-60(33(3)4)78(122)90-48(80(124)125)20-25-56(112)113;;;;;;;/h28,31-41,43-51,57-69,96-97,99,101-104H,13-27,29-30,81,83H2,1-12H3,(H2,82,105)(H,84,85)(H,86,119)(H,87,114)(H,88,116)(H,89,121)(H,90,122)(H,91,120)(H,92,115)(H,93,117)(H,94,123)(H,95,118)(H,106,107)(H,108,109)(H,110,111)(H,112,113)(H,124,125);;;;4*1H2/q-2;+2;2*+1;;;;/p-2/t34?,35?,36?,37?,38-,39+,40?,41?,43?,44?,45-,46-,47-,48-,49-,50-,51-,57?,58?,59-,60-,61-,62?,63?,64?,65?,66?,67?,68?,69?;;;;;;;/m0......./s1. The first-order chi connectivity index (χ1) is 60.8. The molecule has 136 heavy (non-hydrogen) atoms. The number of carbonyl (C=O) groups excluding carboxylic acids is 13. The van der Waals surface area contributed by atoms with Crippen molar-refractivity contribution in [3.8, 4) is 0 Å². The van der Waals surface area contributed by atoms with Crippen LogP contribution in [-0.4, -0.2) is 298 Å². The Morgan fingerprint density at radius 2 is 1.04 bits per heavy atom. The van der Waals surface area contributed by atoms with Crippen LogP contribution < -0.4 is 172 Å². The number of unbranched alkanes of at least 4 members (excludes halogenated alkanes) is 1. The first-order valence-corrected chi connectivity index (χ1v) is 48.6. The van der Waals surface area contributed by atoms with Gasteiger partial charge >= 0.3 is 94.1 Å². The summed E-state index contributed by atoms with van der Waals surface area (Å²) in [6, 6.07) is -17.6. The zero-order chi connectivity index (χ0) is 95.7. The van der Waals surface area contributed by atoms with E-state index in [4.69, 9.17) is 27.8 Å². The van der Waals surface area contributed by atoms with Crippen LogP contribution in [0.3, 0.4) is 0 Å². The molecule has 11 amide bonds. The molecule has 0 aromatic carbocycles. The molecule has 6 aliphatic rings. The number of aliphatic carboxylic acids is 5. The Labute approximate surface area is 860 Å². The number of imidazole rings is 1. The zero-order valence-electron chi connectivity index (χ0n) is 78.8. The Kier molecular flexibility index (Phi) is 59.7. The summed E-state index contributed by atoms with van der Waals surface area (Å²) >= 11 is 0. The number of nitrogens with one attached hydrogen (secondary N) is 17. The number of nitrogens with zero attached hydrogens (tertiary/aromatic N) is 3. The van der Waals surface area contributed by atoms with Crippen molar-refractivity contribution in [2.24, 2.45) is 76.4 Å². The fourth-order valence-corrected chi connectivity index (χ4v) is 22.7. The molecule has 0 saturated carbocycles. The molecule has 0 radical (unpaired) electrons. The van der Waals surface area contributed by atoms with Crippen molar-refractivity contribution < 1.29 is 205 Å². The van der Waals surface area contributed by atoms with E-state index in [-0.39, 0.29) is 207 Å². The van der Waals surface area contributed by atoms with Gasteiger partial charge in [0.25, 0.3) is 0 Å². The van der Waals surface area contributed by atoms with Gasteiger partial charge in [-0.3, -0.25) is 73.0 Å². The number of aliphatic hydroxyl groups excluding tert-OH is 1. The first-order valence-electron chi connectivity index (χ1n) is 43.8. The molecule has 764 valence electrons. The fourth-order valence-electron chi connectivity index (χ4n) is 17.0. The Morgan fingerprint density at radius 1 is 0.522 bits per heavy atom. The molecule has 6 fully saturated rings. The molecule has 49 nitrogen and oxygen atoms in total. The maximum Gasteiger partial charge on any atom is 2.00 e. The number of amides is 11. The SMILES string of the molecule is CC1SSC[C@@H](C(=O)N[C@@H](Cc2cnc[nH]2)C(=O)N[C@H](C(=O)N[C@H](C(=O)N[C@@H](CCC(=O)O)C(=O)O)C(C)C)[C@@H](C)O)NC(=O)[C@H](CCC(N)=O)NC(=O)[C@H](C)NC(=O)[C@@H](NC(=O)[C@H](CCCCN)NC(=O)[C@H](CCC(=O)O)NC(=O)[C@@H](N)C(C)C)CSSC(C)C2C3NC4[N-]C(NC5NC(NC6[N-]C(NC(N3)C2C)C1C6C)C(C)C5CCC(=O)[O-])C(CCC(=O)[O-])C4C.O.O.O.O.[Fe+2].[Na+].[Na+]. The predicted octanol–water partition coefficient (Wildman–Crippen LogP) is -14.7. The molecule has 1 aromatic rings. The van der Waals surface area contributed by atoms with Gasteiger partial charge in [-0.15, -0.1) is 0 Å². The van der Waals surface area contributed by atoms with E-state index in [0.717, 1.165) is 17.7 Å². The van der Waals surface area contributed by atoms with Crippen LogP contribution in [0.4, 0.5) is 0 Å². The van der Waals surface area contributed by atoms with Gasteiger partial charge in [0.1, 0.15) is 60.4 Å². The molecule has 6 aliphatic heterocycles. The molecule has 6 saturated heterocycles. The minimum absolute atomic E-state index is 0. The van der Waals surface area contributed by atoms with Gasteiger partial charge in [-0.2, -0.15) is 0 Å². The van der Waals surface area contributed by atoms with Crippen molar-refractivity contribution in [1.29, 1.82) is 0 Å². The van der Waals surface area contributed by atoms with E-state index in [1.807, 2.05) is 34.6 Å². The van der Waals surface area contributed by atoms with Gasteiger partial charge in [-0.1, -0.05) is 137 Å². The minimum atomic E-state index is -1.91. The summed E-state index contributed by atoms with van der Waals surface area (Å²) in [7, 11) is 4.97. The number of hydrogen-bond donors (Lipinski definition) is 24. The second kappa shape index (κ2) is 62.5. The van der Waals surface area contributed by atoms with Crippen LogP contribution in [0, 0.1) is 59.2 Å². The number of hydrogen-bond acceptors (Lipinski definition) is 32. The van der Waals surface area contributed by atoms with Gasteiger partial charge in [0, 0.05) is 77.4 Å². The van der Waals surface area contributed by atoms with E-state index in [0.29, 0.717) is 6.42 Å². The minimum Gasteiger partial charge on any atom is -0.632 e. The molecule has 0 spiro atoms. The van der Waals surface area contributed by atoms with Crippen LogP contribution in [0.5, 0.6) is 0 Å². The van der Waals surface area contributed by atoms with Crippen molar-refractivity contribution in [2.45, 2.75) is 305 Å². The summed E-state index contributed by atoms with van der Waals surface area (Å²) < 4.78 is 0. The molecule has 56 heteroatoms. The third-order valence-corrected chi connectivity index (χ3v) is 30.6. The summed E-state index contributed by atoms with van der Waals surface area (Å²) in [6.07, 6.45) is -7.44. The van der Waals surface area contributed by atoms with Gasteiger partial charge in [0.2, 0.25) is 65.0 Å². The third kappa shape index (κ3) is 38.7. The number of aromatic nitrogens is 2. The second-order valence-electron chi connectivity index (χ2n) is 35.1. The van der Waals surface area contributed by atoms with Gasteiger partial charge in [0.05, 0.1) is 43.1 Å². The van der Waals surface area contributed by atoms with Crippen LogP contribution in [0.1, 0.15) is 172 Å². The Hall–Kier alpha value is -5.95. The van der Waals surface area contributed by atoms with E-state index in [9.17, 15) is 88.2 Å². The van der Waals surface area contributed by atoms with E-state index < -0.39 is 285 Å². The van der Waals surface area contributed by atoms with E-state index in [1.165, 1.54) is 65.7 Å². The van der Waals surface area contributed by atoms with Crippen molar-refractivity contribution in [2.75, 3.05) is 18.1 Å². The molecule has 35 N–H and O–H groups in total. The van der Waals surface area contributed by atoms with Crippen molar-refractivity contribution in [1.82, 2.24) is 95.0 Å². The topological polar surface area (TPSA) is 854 Å². The normalized spacial score (nSPS) is 29.1. The number of aliphatic hydroxyl groups is 1. The summed E-state index contributed by atoms with van der Waals surface area (Å²) in [6.45, 7) is 20.8. The van der Waals surface area contributed by atoms with Crippen LogP contribution in [0.15, 0.2) is 12.5 Å².